The lowest BCUT2D eigenvalue weighted by atomic mass is 10.1. The number of carbonyl (C=O) groups is 2. The van der Waals surface area contributed by atoms with E-state index in [-0.39, 0.29) is 48.2 Å². The molecule has 7 nitrogen and oxygen atoms in total. The van der Waals surface area contributed by atoms with E-state index in [1.54, 1.807) is 23.1 Å². The molecule has 1 aliphatic heterocycles. The Labute approximate surface area is 198 Å². The zero-order valence-corrected chi connectivity index (χ0v) is 19.7. The maximum atomic E-state index is 13.3. The Morgan fingerprint density at radius 1 is 1.16 bits per heavy atom. The van der Waals surface area contributed by atoms with E-state index in [9.17, 15) is 14.0 Å². The second-order valence-electron chi connectivity index (χ2n) is 6.95. The van der Waals surface area contributed by atoms with Crippen molar-refractivity contribution in [3.8, 4) is 0 Å². The van der Waals surface area contributed by atoms with Gasteiger partial charge in [0.15, 0.2) is 5.96 Å². The topological polar surface area (TPSA) is 85.8 Å². The molecule has 9 heteroatoms. The third-order valence-electron chi connectivity index (χ3n) is 4.64. The highest BCUT2D eigenvalue weighted by Crippen LogP contribution is 2.09. The van der Waals surface area contributed by atoms with Gasteiger partial charge in [0.1, 0.15) is 5.82 Å². The Kier molecular flexibility index (Phi) is 9.70. The third kappa shape index (κ3) is 7.50. The van der Waals surface area contributed by atoms with E-state index >= 15 is 0 Å². The van der Waals surface area contributed by atoms with Gasteiger partial charge in [-0.05, 0) is 42.3 Å². The van der Waals surface area contributed by atoms with Gasteiger partial charge in [-0.3, -0.25) is 9.59 Å². The van der Waals surface area contributed by atoms with Crippen molar-refractivity contribution in [2.75, 3.05) is 26.2 Å². The molecule has 2 aromatic carbocycles. The van der Waals surface area contributed by atoms with Gasteiger partial charge in [-0.1, -0.05) is 24.3 Å². The third-order valence-corrected chi connectivity index (χ3v) is 4.64. The molecular weight excluding hydrogens is 512 g/mol. The second-order valence-corrected chi connectivity index (χ2v) is 6.95. The Morgan fingerprint density at radius 2 is 1.94 bits per heavy atom. The van der Waals surface area contributed by atoms with E-state index in [0.29, 0.717) is 44.2 Å². The van der Waals surface area contributed by atoms with Crippen LogP contribution in [0.5, 0.6) is 0 Å². The molecule has 2 aromatic rings. The quantitative estimate of drug-likeness (QED) is 0.299. The molecule has 166 valence electrons. The van der Waals surface area contributed by atoms with Crippen molar-refractivity contribution in [1.29, 1.82) is 0 Å². The van der Waals surface area contributed by atoms with Crippen LogP contribution >= 0.6 is 24.0 Å². The lowest BCUT2D eigenvalue weighted by Crippen LogP contribution is -2.49. The lowest BCUT2D eigenvalue weighted by molar-refractivity contribution is -0.123. The number of benzene rings is 2. The van der Waals surface area contributed by atoms with Crippen LogP contribution in [0.15, 0.2) is 53.5 Å². The van der Waals surface area contributed by atoms with E-state index in [0.717, 1.165) is 11.1 Å². The number of guanidine groups is 1. The van der Waals surface area contributed by atoms with Gasteiger partial charge >= 0.3 is 0 Å². The molecule has 1 saturated heterocycles. The van der Waals surface area contributed by atoms with Gasteiger partial charge in [0.25, 0.3) is 5.91 Å². The lowest BCUT2D eigenvalue weighted by Gasteiger charge is -2.26. The number of nitrogens with zero attached hydrogens (tertiary/aromatic N) is 2. The van der Waals surface area contributed by atoms with Gasteiger partial charge in [0, 0.05) is 31.7 Å². The molecular formula is C22H27FIN5O2. The molecule has 0 bridgehead atoms. The first-order valence-corrected chi connectivity index (χ1v) is 9.96. The summed E-state index contributed by atoms with van der Waals surface area (Å²) in [6, 6.07) is 13.7. The van der Waals surface area contributed by atoms with Gasteiger partial charge in [-0.15, -0.1) is 24.0 Å². The molecule has 1 heterocycles. The molecule has 3 N–H and O–H groups in total. The van der Waals surface area contributed by atoms with Crippen LogP contribution in [0.1, 0.15) is 28.4 Å². The summed E-state index contributed by atoms with van der Waals surface area (Å²) in [5.41, 5.74) is 2.33. The highest BCUT2D eigenvalue weighted by molar-refractivity contribution is 14.0. The van der Waals surface area contributed by atoms with Gasteiger partial charge in [0.2, 0.25) is 5.91 Å². The number of halogens is 2. The number of amides is 2. The van der Waals surface area contributed by atoms with Crippen LogP contribution in [-0.2, 0) is 17.9 Å². The van der Waals surface area contributed by atoms with Gasteiger partial charge in [-0.2, -0.15) is 0 Å². The SMILES string of the molecule is CCNC(=NCc1cccc(F)c1)NCc1ccc(C(=O)N2CCNC(=O)C2)cc1.I. The fraction of sp³-hybridized carbons (Fsp3) is 0.318. The molecule has 0 atom stereocenters. The van der Waals surface area contributed by atoms with Crippen LogP contribution < -0.4 is 16.0 Å². The van der Waals surface area contributed by atoms with Crippen molar-refractivity contribution in [2.24, 2.45) is 4.99 Å². The van der Waals surface area contributed by atoms with Crippen LogP contribution in [0.25, 0.3) is 0 Å². The summed E-state index contributed by atoms with van der Waals surface area (Å²) in [6.07, 6.45) is 0. The minimum absolute atomic E-state index is 0. The summed E-state index contributed by atoms with van der Waals surface area (Å²) < 4.78 is 13.3. The number of aliphatic imine (C=N–C) groups is 1. The number of nitrogens with one attached hydrogen (secondary N) is 3. The average molecular weight is 539 g/mol. The molecule has 0 aliphatic carbocycles. The predicted molar refractivity (Wildman–Crippen MR) is 129 cm³/mol. The Bertz CT molecular complexity index is 920. The largest absolute Gasteiger partial charge is 0.357 e. The maximum Gasteiger partial charge on any atom is 0.254 e. The zero-order chi connectivity index (χ0) is 21.3. The number of piperazine rings is 1. The summed E-state index contributed by atoms with van der Waals surface area (Å²) in [5, 5.41) is 9.11. The minimum atomic E-state index is -0.277. The molecule has 0 saturated carbocycles. The van der Waals surface area contributed by atoms with Crippen molar-refractivity contribution in [1.82, 2.24) is 20.9 Å². The van der Waals surface area contributed by atoms with E-state index in [1.165, 1.54) is 12.1 Å². The van der Waals surface area contributed by atoms with E-state index in [1.807, 2.05) is 25.1 Å². The number of hydrogen-bond donors (Lipinski definition) is 3. The van der Waals surface area contributed by atoms with E-state index in [2.05, 4.69) is 20.9 Å². The Balaban J connectivity index is 0.00000341. The van der Waals surface area contributed by atoms with Crippen LogP contribution in [0.3, 0.4) is 0 Å². The Hall–Kier alpha value is -2.69. The number of carbonyl (C=O) groups excluding carboxylic acids is 2. The summed E-state index contributed by atoms with van der Waals surface area (Å²) in [5.74, 6) is 0.0694. The fourth-order valence-electron chi connectivity index (χ4n) is 3.09. The molecule has 0 spiro atoms. The van der Waals surface area contributed by atoms with Crippen LogP contribution in [0.2, 0.25) is 0 Å². The number of hydrogen-bond acceptors (Lipinski definition) is 3. The monoisotopic (exact) mass is 539 g/mol. The molecule has 0 unspecified atom stereocenters. The summed E-state index contributed by atoms with van der Waals surface area (Å²) in [4.78, 5) is 30.0. The molecule has 1 aliphatic rings. The zero-order valence-electron chi connectivity index (χ0n) is 17.4. The highest BCUT2D eigenvalue weighted by atomic mass is 127. The highest BCUT2D eigenvalue weighted by Gasteiger charge is 2.22. The van der Waals surface area contributed by atoms with Crippen molar-refractivity contribution in [3.63, 3.8) is 0 Å². The fourth-order valence-corrected chi connectivity index (χ4v) is 3.09. The van der Waals surface area contributed by atoms with E-state index in [4.69, 9.17) is 0 Å². The maximum absolute atomic E-state index is 13.3. The molecule has 2 amide bonds. The van der Waals surface area contributed by atoms with Gasteiger partial charge in [0.05, 0.1) is 13.1 Å². The summed E-state index contributed by atoms with van der Waals surface area (Å²) in [6.45, 7) is 4.65. The minimum Gasteiger partial charge on any atom is -0.357 e. The summed E-state index contributed by atoms with van der Waals surface area (Å²) in [7, 11) is 0. The molecule has 31 heavy (non-hydrogen) atoms. The van der Waals surface area contributed by atoms with Crippen LogP contribution in [0.4, 0.5) is 4.39 Å². The molecule has 3 rings (SSSR count). The first kappa shape index (κ1) is 24.6. The standard InChI is InChI=1S/C22H26FN5O2.HI/c1-2-24-22(27-14-17-4-3-5-19(23)12-17)26-13-16-6-8-18(9-7-16)21(30)28-11-10-25-20(29)15-28;/h3-9,12H,2,10-11,13-15H2,1H3,(H,25,29)(H2,24,26,27);1H. The molecule has 1 fully saturated rings. The van der Waals surface area contributed by atoms with Gasteiger partial charge in [-0.25, -0.2) is 9.38 Å². The van der Waals surface area contributed by atoms with Crippen LogP contribution in [0, 0.1) is 5.82 Å². The first-order valence-electron chi connectivity index (χ1n) is 9.96. The van der Waals surface area contributed by atoms with Crippen molar-refractivity contribution >= 4 is 41.8 Å². The average Bonchev–Trinajstić information content (AvgIpc) is 2.75. The normalized spacial score (nSPS) is 13.8. The smallest absolute Gasteiger partial charge is 0.254 e. The number of rotatable bonds is 6. The van der Waals surface area contributed by atoms with Crippen molar-refractivity contribution in [2.45, 2.75) is 20.0 Å². The van der Waals surface area contributed by atoms with Crippen LogP contribution in [-0.4, -0.2) is 48.9 Å². The second kappa shape index (κ2) is 12.2. The van der Waals surface area contributed by atoms with Crippen molar-refractivity contribution < 1.29 is 14.0 Å². The van der Waals surface area contributed by atoms with E-state index < -0.39 is 0 Å². The Morgan fingerprint density at radius 3 is 2.61 bits per heavy atom. The molecule has 0 radical (unpaired) electrons. The molecule has 0 aromatic heterocycles. The summed E-state index contributed by atoms with van der Waals surface area (Å²) >= 11 is 0. The first-order chi connectivity index (χ1) is 14.5. The van der Waals surface area contributed by atoms with Gasteiger partial charge < -0.3 is 20.9 Å². The van der Waals surface area contributed by atoms with Crippen molar-refractivity contribution in [3.05, 3.63) is 71.0 Å². The predicted octanol–water partition coefficient (Wildman–Crippen LogP) is 2.27.